The van der Waals surface area contributed by atoms with E-state index in [-0.39, 0.29) is 18.4 Å². The highest BCUT2D eigenvalue weighted by Gasteiger charge is 2.54. The summed E-state index contributed by atoms with van der Waals surface area (Å²) in [4.78, 5) is 47.1. The quantitative estimate of drug-likeness (QED) is 0.297. The van der Waals surface area contributed by atoms with Gasteiger partial charge in [0.05, 0.1) is 6.26 Å². The molecule has 2 heterocycles. The van der Waals surface area contributed by atoms with E-state index in [4.69, 9.17) is 33.2 Å². The minimum absolute atomic E-state index is 0.100. The smallest absolute Gasteiger partial charge is 0.303 e. The molecule has 2 aliphatic heterocycles. The van der Waals surface area contributed by atoms with Gasteiger partial charge in [0.25, 0.3) is 0 Å². The highest BCUT2D eigenvalue weighted by atomic mass is 16.8. The highest BCUT2D eigenvalue weighted by molar-refractivity contribution is 5.68. The van der Waals surface area contributed by atoms with Gasteiger partial charge in [-0.15, -0.1) is 0 Å². The van der Waals surface area contributed by atoms with Gasteiger partial charge in [-0.3, -0.25) is 19.2 Å². The molecule has 1 fully saturated rings. The molecule has 0 radical (unpaired) electrons. The van der Waals surface area contributed by atoms with Crippen LogP contribution in [0.3, 0.4) is 0 Å². The second-order valence-corrected chi connectivity index (χ2v) is 8.41. The minimum atomic E-state index is -1.29. The van der Waals surface area contributed by atoms with Gasteiger partial charge >= 0.3 is 23.9 Å². The third-order valence-electron chi connectivity index (χ3n) is 5.75. The molecule has 0 aromatic rings. The van der Waals surface area contributed by atoms with E-state index >= 15 is 0 Å². The van der Waals surface area contributed by atoms with E-state index in [0.717, 1.165) is 25.8 Å². The van der Waals surface area contributed by atoms with Crippen LogP contribution in [0.4, 0.5) is 0 Å². The van der Waals surface area contributed by atoms with Crippen LogP contribution < -0.4 is 0 Å². The van der Waals surface area contributed by atoms with Crippen molar-refractivity contribution in [2.24, 2.45) is 11.8 Å². The van der Waals surface area contributed by atoms with Gasteiger partial charge in [0.1, 0.15) is 12.7 Å². The summed E-state index contributed by atoms with van der Waals surface area (Å²) in [5.41, 5.74) is 1.07. The number of hydrogen-bond donors (Lipinski definition) is 0. The van der Waals surface area contributed by atoms with Crippen LogP contribution in [-0.2, 0) is 52.3 Å². The molecule has 3 aliphatic rings. The summed E-state index contributed by atoms with van der Waals surface area (Å²) >= 11 is 0. The molecule has 1 saturated heterocycles. The molecule has 0 aromatic heterocycles. The van der Waals surface area contributed by atoms with Gasteiger partial charge in [-0.1, -0.05) is 11.6 Å². The number of ether oxygens (including phenoxy) is 7. The zero-order valence-electron chi connectivity index (χ0n) is 19.8. The number of hydrogen-bond acceptors (Lipinski definition) is 11. The normalized spacial score (nSPS) is 34.2. The first-order valence-corrected chi connectivity index (χ1v) is 11.0. The Labute approximate surface area is 197 Å². The zero-order chi connectivity index (χ0) is 25.0. The van der Waals surface area contributed by atoms with Crippen LogP contribution >= 0.6 is 0 Å². The third-order valence-corrected chi connectivity index (χ3v) is 5.75. The fourth-order valence-electron chi connectivity index (χ4n) is 4.41. The lowest BCUT2D eigenvalue weighted by atomic mass is 9.89. The molecular weight excluding hydrogens is 452 g/mol. The topological polar surface area (TPSA) is 133 Å². The SMILES string of the molecule is CC(=O)OC[C@H]1O[C@@H](O[C@@H]2OC=C[C@H]3CC=C(C)[C@@H]23)[C@H](OC(C)=O)[C@@H](OC(C)=O)[C@@H]1OC(C)=O. The molecular formula is C23H30O11. The second-order valence-electron chi connectivity index (χ2n) is 8.41. The molecule has 1 aliphatic carbocycles. The van der Waals surface area contributed by atoms with Crippen molar-refractivity contribution in [3.05, 3.63) is 24.0 Å². The van der Waals surface area contributed by atoms with Crippen molar-refractivity contribution in [2.45, 2.75) is 78.0 Å². The maximum Gasteiger partial charge on any atom is 0.303 e. The summed E-state index contributed by atoms with van der Waals surface area (Å²) in [6.45, 7) is 6.35. The van der Waals surface area contributed by atoms with Crippen LogP contribution in [0.2, 0.25) is 0 Å². The van der Waals surface area contributed by atoms with E-state index < -0.39 is 60.9 Å². The second kappa shape index (κ2) is 11.0. The monoisotopic (exact) mass is 482 g/mol. The largest absolute Gasteiger partial charge is 0.472 e. The molecule has 0 aromatic carbocycles. The zero-order valence-corrected chi connectivity index (χ0v) is 19.8. The summed E-state index contributed by atoms with van der Waals surface area (Å²) in [7, 11) is 0. The predicted molar refractivity (Wildman–Crippen MR) is 112 cm³/mol. The first kappa shape index (κ1) is 25.7. The lowest BCUT2D eigenvalue weighted by molar-refractivity contribution is -0.341. The summed E-state index contributed by atoms with van der Waals surface area (Å²) in [6, 6.07) is 0. The van der Waals surface area contributed by atoms with E-state index in [2.05, 4.69) is 6.08 Å². The van der Waals surface area contributed by atoms with Crippen LogP contribution in [-0.4, -0.2) is 67.5 Å². The molecule has 0 bridgehead atoms. The highest BCUT2D eigenvalue weighted by Crippen LogP contribution is 2.41. The molecule has 11 nitrogen and oxygen atoms in total. The average Bonchev–Trinajstić information content (AvgIpc) is 3.12. The molecule has 0 amide bonds. The van der Waals surface area contributed by atoms with Crippen LogP contribution in [0.1, 0.15) is 41.0 Å². The number of fused-ring (bicyclic) bond motifs is 1. The van der Waals surface area contributed by atoms with E-state index in [1.54, 1.807) is 6.26 Å². The van der Waals surface area contributed by atoms with Crippen LogP contribution in [0.5, 0.6) is 0 Å². The molecule has 3 rings (SSSR count). The Hall–Kier alpha value is -2.92. The third kappa shape index (κ3) is 6.15. The fraction of sp³-hybridized carbons (Fsp3) is 0.652. The van der Waals surface area contributed by atoms with E-state index in [1.807, 2.05) is 13.0 Å². The molecule has 11 heteroatoms. The Bertz CT molecular complexity index is 863. The number of rotatable bonds is 7. The van der Waals surface area contributed by atoms with Crippen molar-refractivity contribution in [1.82, 2.24) is 0 Å². The van der Waals surface area contributed by atoms with E-state index in [1.165, 1.54) is 13.8 Å². The standard InChI is InChI=1S/C23H30O11/c1-11-6-7-16-8-9-28-22(18(11)16)34-23-21(32-15(5)27)20(31-14(4)26)19(30-13(3)25)17(33-23)10-29-12(2)24/h6,8-9,16-23H,7,10H2,1-5H3/t16-,17-,18-,19-,20+,21-,22+,23+/m1/s1. The molecule has 0 saturated carbocycles. The van der Waals surface area contributed by atoms with E-state index in [0.29, 0.717) is 0 Å². The van der Waals surface area contributed by atoms with Gasteiger partial charge in [-0.05, 0) is 25.3 Å². The maximum atomic E-state index is 11.9. The summed E-state index contributed by atoms with van der Waals surface area (Å²) in [5, 5.41) is 0. The Morgan fingerprint density at radius 3 is 2.12 bits per heavy atom. The van der Waals surface area contributed by atoms with Crippen molar-refractivity contribution in [3.63, 3.8) is 0 Å². The van der Waals surface area contributed by atoms with Crippen molar-refractivity contribution in [3.8, 4) is 0 Å². The Morgan fingerprint density at radius 2 is 1.50 bits per heavy atom. The van der Waals surface area contributed by atoms with Crippen LogP contribution in [0, 0.1) is 11.8 Å². The van der Waals surface area contributed by atoms with Crippen molar-refractivity contribution in [1.29, 1.82) is 0 Å². The summed E-state index contributed by atoms with van der Waals surface area (Å²) in [5.74, 6) is -2.63. The molecule has 0 spiro atoms. The average molecular weight is 482 g/mol. The number of carbonyl (C=O) groups is 4. The number of carbonyl (C=O) groups excluding carboxylic acids is 4. The van der Waals surface area contributed by atoms with Gasteiger partial charge in [0.15, 0.2) is 18.3 Å². The number of esters is 4. The number of allylic oxidation sites excluding steroid dienone is 2. The Kier molecular flexibility index (Phi) is 8.32. The first-order valence-electron chi connectivity index (χ1n) is 11.0. The lowest BCUT2D eigenvalue weighted by Crippen LogP contribution is -2.63. The van der Waals surface area contributed by atoms with Gasteiger partial charge < -0.3 is 33.2 Å². The van der Waals surface area contributed by atoms with Gasteiger partial charge in [-0.25, -0.2) is 0 Å². The first-order chi connectivity index (χ1) is 16.1. The minimum Gasteiger partial charge on any atom is -0.472 e. The molecule has 188 valence electrons. The molecule has 0 unspecified atom stereocenters. The molecule has 0 N–H and O–H groups in total. The van der Waals surface area contributed by atoms with Crippen molar-refractivity contribution >= 4 is 23.9 Å². The summed E-state index contributed by atoms with van der Waals surface area (Å²) < 4.78 is 39.1. The van der Waals surface area contributed by atoms with Crippen molar-refractivity contribution < 1.29 is 52.3 Å². The molecule has 34 heavy (non-hydrogen) atoms. The fourth-order valence-corrected chi connectivity index (χ4v) is 4.41. The van der Waals surface area contributed by atoms with Crippen LogP contribution in [0.25, 0.3) is 0 Å². The molecule has 8 atom stereocenters. The lowest BCUT2D eigenvalue weighted by Gasteiger charge is -2.45. The Morgan fingerprint density at radius 1 is 0.882 bits per heavy atom. The van der Waals surface area contributed by atoms with E-state index in [9.17, 15) is 19.2 Å². The van der Waals surface area contributed by atoms with Gasteiger partial charge in [-0.2, -0.15) is 0 Å². The summed E-state index contributed by atoms with van der Waals surface area (Å²) in [6.07, 6.45) is -0.554. The maximum absolute atomic E-state index is 11.9. The Balaban J connectivity index is 1.94. The predicted octanol–water partition coefficient (Wildman–Crippen LogP) is 1.54. The van der Waals surface area contributed by atoms with Gasteiger partial charge in [0.2, 0.25) is 12.6 Å². The van der Waals surface area contributed by atoms with Gasteiger partial charge in [0, 0.05) is 33.6 Å². The van der Waals surface area contributed by atoms with Crippen molar-refractivity contribution in [2.75, 3.05) is 6.61 Å². The van der Waals surface area contributed by atoms with Crippen LogP contribution in [0.15, 0.2) is 24.0 Å².